The Morgan fingerprint density at radius 1 is 1.17 bits per heavy atom. The molecule has 1 fully saturated rings. The van der Waals surface area contributed by atoms with Crippen LogP contribution in [0.3, 0.4) is 0 Å². The van der Waals surface area contributed by atoms with Crippen molar-refractivity contribution in [3.05, 3.63) is 53.6 Å². The fourth-order valence-corrected chi connectivity index (χ4v) is 4.00. The van der Waals surface area contributed by atoms with Crippen molar-refractivity contribution in [3.8, 4) is 0 Å². The molecule has 0 radical (unpaired) electrons. The van der Waals surface area contributed by atoms with Gasteiger partial charge in [-0.1, -0.05) is 49.2 Å². The largest absolute Gasteiger partial charge is 0.353 e. The van der Waals surface area contributed by atoms with Crippen LogP contribution in [0.5, 0.6) is 0 Å². The van der Waals surface area contributed by atoms with Crippen LogP contribution < -0.4 is 5.32 Å². The number of nitrogens with zero attached hydrogens (tertiary/aromatic N) is 5. The summed E-state index contributed by atoms with van der Waals surface area (Å²) in [5.41, 5.74) is 2.76. The van der Waals surface area contributed by atoms with Crippen molar-refractivity contribution in [3.63, 3.8) is 0 Å². The number of aryl methyl sites for hydroxylation is 1. The van der Waals surface area contributed by atoms with Crippen molar-refractivity contribution < 1.29 is 0 Å². The molecule has 0 bridgehead atoms. The standard InChI is InChI=1S/C22H30N6.HI/c1-17-25-26-21(27(17)2)16-23-22(24-20-10-6-7-11-20)28-14-12-19(13-15-28)18-8-4-3-5-9-18;/h3-5,8-9,12,20H,6-7,10-11,13-16H2,1-2H3,(H,23,24);1H. The second kappa shape index (κ2) is 10.2. The van der Waals surface area contributed by atoms with E-state index < -0.39 is 0 Å². The van der Waals surface area contributed by atoms with Gasteiger partial charge < -0.3 is 14.8 Å². The lowest BCUT2D eigenvalue weighted by molar-refractivity contribution is 0.425. The molecule has 0 unspecified atom stereocenters. The van der Waals surface area contributed by atoms with Crippen LogP contribution in [-0.2, 0) is 13.6 Å². The zero-order valence-corrected chi connectivity index (χ0v) is 19.7. The van der Waals surface area contributed by atoms with E-state index in [1.807, 2.05) is 18.5 Å². The average Bonchev–Trinajstić information content (AvgIpc) is 3.37. The molecule has 2 aliphatic rings. The first-order valence-electron chi connectivity index (χ1n) is 10.4. The summed E-state index contributed by atoms with van der Waals surface area (Å²) in [4.78, 5) is 7.30. The lowest BCUT2D eigenvalue weighted by Gasteiger charge is -2.31. The maximum Gasteiger partial charge on any atom is 0.194 e. The van der Waals surface area contributed by atoms with Crippen molar-refractivity contribution in [2.45, 2.75) is 51.6 Å². The summed E-state index contributed by atoms with van der Waals surface area (Å²) in [5.74, 6) is 2.83. The molecule has 1 aliphatic carbocycles. The molecule has 4 rings (SSSR count). The van der Waals surface area contributed by atoms with Crippen molar-refractivity contribution in [1.29, 1.82) is 0 Å². The first kappa shape index (κ1) is 21.8. The Bertz CT molecular complexity index is 851. The smallest absolute Gasteiger partial charge is 0.194 e. The van der Waals surface area contributed by atoms with Gasteiger partial charge in [0.05, 0.1) is 0 Å². The number of hydrogen-bond acceptors (Lipinski definition) is 3. The second-order valence-corrected chi connectivity index (χ2v) is 7.78. The predicted octanol–water partition coefficient (Wildman–Crippen LogP) is 3.92. The van der Waals surface area contributed by atoms with E-state index in [1.54, 1.807) is 0 Å². The highest BCUT2D eigenvalue weighted by molar-refractivity contribution is 14.0. The van der Waals surface area contributed by atoms with Crippen LogP contribution in [0.2, 0.25) is 0 Å². The molecule has 0 spiro atoms. The number of nitrogens with one attached hydrogen (secondary N) is 1. The van der Waals surface area contributed by atoms with E-state index in [9.17, 15) is 0 Å². The number of halogens is 1. The maximum atomic E-state index is 4.93. The van der Waals surface area contributed by atoms with E-state index in [-0.39, 0.29) is 24.0 Å². The molecule has 29 heavy (non-hydrogen) atoms. The van der Waals surface area contributed by atoms with Crippen LogP contribution in [0, 0.1) is 6.92 Å². The van der Waals surface area contributed by atoms with Crippen LogP contribution in [0.15, 0.2) is 41.4 Å². The molecule has 1 aliphatic heterocycles. The Morgan fingerprint density at radius 3 is 2.55 bits per heavy atom. The number of aromatic nitrogens is 3. The topological polar surface area (TPSA) is 58.3 Å². The van der Waals surface area contributed by atoms with E-state index in [0.717, 1.165) is 37.1 Å². The number of hydrogen-bond donors (Lipinski definition) is 1. The van der Waals surface area contributed by atoms with Crippen LogP contribution in [-0.4, -0.2) is 44.8 Å². The molecule has 2 heterocycles. The highest BCUT2D eigenvalue weighted by Crippen LogP contribution is 2.23. The minimum atomic E-state index is 0. The number of rotatable bonds is 4. The van der Waals surface area contributed by atoms with Crippen molar-refractivity contribution >= 4 is 35.5 Å². The minimum absolute atomic E-state index is 0. The third kappa shape index (κ3) is 5.38. The van der Waals surface area contributed by atoms with Gasteiger partial charge in [-0.25, -0.2) is 4.99 Å². The Morgan fingerprint density at radius 2 is 1.93 bits per heavy atom. The first-order chi connectivity index (χ1) is 13.7. The number of aliphatic imine (C=N–C) groups is 1. The molecule has 7 heteroatoms. The third-order valence-corrected chi connectivity index (χ3v) is 5.89. The molecule has 0 atom stereocenters. The molecule has 1 aromatic heterocycles. The molecule has 1 N–H and O–H groups in total. The summed E-state index contributed by atoms with van der Waals surface area (Å²) >= 11 is 0. The third-order valence-electron chi connectivity index (χ3n) is 5.89. The lowest BCUT2D eigenvalue weighted by atomic mass is 10.00. The van der Waals surface area contributed by atoms with E-state index >= 15 is 0 Å². The fourth-order valence-electron chi connectivity index (χ4n) is 4.00. The van der Waals surface area contributed by atoms with E-state index in [0.29, 0.717) is 12.6 Å². The number of benzene rings is 1. The molecule has 0 saturated heterocycles. The summed E-state index contributed by atoms with van der Waals surface area (Å²) < 4.78 is 2.01. The first-order valence-corrected chi connectivity index (χ1v) is 10.4. The predicted molar refractivity (Wildman–Crippen MR) is 128 cm³/mol. The second-order valence-electron chi connectivity index (χ2n) is 7.78. The highest BCUT2D eigenvalue weighted by atomic mass is 127. The van der Waals surface area contributed by atoms with Gasteiger partial charge in [0.2, 0.25) is 0 Å². The van der Waals surface area contributed by atoms with Crippen LogP contribution in [0.4, 0.5) is 0 Å². The summed E-state index contributed by atoms with van der Waals surface area (Å²) in [6.45, 7) is 4.40. The van der Waals surface area contributed by atoms with Gasteiger partial charge in [0.25, 0.3) is 0 Å². The SMILES string of the molecule is Cc1nnc(CN=C(NC2CCCC2)N2CC=C(c3ccccc3)CC2)n1C.I. The summed E-state index contributed by atoms with van der Waals surface area (Å²) in [6, 6.07) is 11.2. The summed E-state index contributed by atoms with van der Waals surface area (Å²) in [7, 11) is 2.00. The van der Waals surface area contributed by atoms with Crippen LogP contribution in [0.25, 0.3) is 5.57 Å². The Labute approximate surface area is 190 Å². The van der Waals surface area contributed by atoms with Gasteiger partial charge in [-0.05, 0) is 37.3 Å². The van der Waals surface area contributed by atoms with Gasteiger partial charge in [0.1, 0.15) is 12.4 Å². The van der Waals surface area contributed by atoms with Gasteiger partial charge in [-0.2, -0.15) is 0 Å². The molecule has 156 valence electrons. The summed E-state index contributed by atoms with van der Waals surface area (Å²) in [6.07, 6.45) is 8.48. The van der Waals surface area contributed by atoms with Gasteiger partial charge in [0, 0.05) is 26.2 Å². The monoisotopic (exact) mass is 506 g/mol. The minimum Gasteiger partial charge on any atom is -0.353 e. The molecule has 1 saturated carbocycles. The zero-order valence-electron chi connectivity index (χ0n) is 17.3. The Balaban J connectivity index is 0.00000240. The Kier molecular flexibility index (Phi) is 7.69. The van der Waals surface area contributed by atoms with Crippen LogP contribution >= 0.6 is 24.0 Å². The van der Waals surface area contributed by atoms with Gasteiger partial charge in [0.15, 0.2) is 11.8 Å². The number of guanidine groups is 1. The quantitative estimate of drug-likeness (QED) is 0.388. The van der Waals surface area contributed by atoms with E-state index in [1.165, 1.54) is 36.8 Å². The normalized spacial score (nSPS) is 17.8. The van der Waals surface area contributed by atoms with Crippen molar-refractivity contribution in [2.24, 2.45) is 12.0 Å². The van der Waals surface area contributed by atoms with Gasteiger partial charge >= 0.3 is 0 Å². The maximum absolute atomic E-state index is 4.93. The molecule has 0 amide bonds. The molecular weight excluding hydrogens is 475 g/mol. The van der Waals surface area contributed by atoms with E-state index in [4.69, 9.17) is 4.99 Å². The van der Waals surface area contributed by atoms with Crippen molar-refractivity contribution in [2.75, 3.05) is 13.1 Å². The van der Waals surface area contributed by atoms with Gasteiger partial charge in [-0.3, -0.25) is 0 Å². The van der Waals surface area contributed by atoms with Crippen molar-refractivity contribution in [1.82, 2.24) is 25.0 Å². The molecule has 1 aromatic carbocycles. The fraction of sp³-hybridized carbons (Fsp3) is 0.500. The zero-order chi connectivity index (χ0) is 19.3. The molecular formula is C22H31IN6. The van der Waals surface area contributed by atoms with Crippen LogP contribution in [0.1, 0.15) is 49.3 Å². The summed E-state index contributed by atoms with van der Waals surface area (Å²) in [5, 5.41) is 12.1. The molecule has 6 nitrogen and oxygen atoms in total. The Hall–Kier alpha value is -1.90. The van der Waals surface area contributed by atoms with E-state index in [2.05, 4.69) is 56.8 Å². The highest BCUT2D eigenvalue weighted by Gasteiger charge is 2.21. The average molecular weight is 506 g/mol. The van der Waals surface area contributed by atoms with Gasteiger partial charge in [-0.15, -0.1) is 34.2 Å². The lowest BCUT2D eigenvalue weighted by Crippen LogP contribution is -2.47. The molecule has 2 aromatic rings.